The molecule has 1 aliphatic rings. The van der Waals surface area contributed by atoms with Crippen molar-refractivity contribution in [2.75, 3.05) is 37.0 Å². The zero-order valence-electron chi connectivity index (χ0n) is 15.0. The molecule has 1 aliphatic heterocycles. The first-order valence-electron chi connectivity index (χ1n) is 8.82. The summed E-state index contributed by atoms with van der Waals surface area (Å²) in [5.74, 6) is 2.42. The third-order valence-electron chi connectivity index (χ3n) is 4.83. The van der Waals surface area contributed by atoms with Crippen molar-refractivity contribution in [2.24, 2.45) is 0 Å². The van der Waals surface area contributed by atoms with Gasteiger partial charge in [-0.1, -0.05) is 0 Å². The van der Waals surface area contributed by atoms with Crippen molar-refractivity contribution >= 4 is 44.0 Å². The second-order valence-electron chi connectivity index (χ2n) is 6.83. The molecule has 132 valence electrons. The van der Waals surface area contributed by atoms with E-state index in [4.69, 9.17) is 9.97 Å². The molecule has 6 nitrogen and oxygen atoms in total. The standard InChI is InChI=1S/C19H21AsN6/c1-25(2)16-7-3-6-14(23-16)13-5-4-10-26(11-13)17-9-8-15-18(24-17)19(20)22-12-21-15/h3,6-9,12-13H,4-5,10-11H2,1-2H3. The topological polar surface area (TPSA) is 58.0 Å². The number of rotatable bonds is 3. The van der Waals surface area contributed by atoms with Gasteiger partial charge in [0.25, 0.3) is 0 Å². The molecule has 1 atom stereocenters. The predicted octanol–water partition coefficient (Wildman–Crippen LogP) is 1.66. The molecule has 0 saturated carbocycles. The van der Waals surface area contributed by atoms with Crippen LogP contribution < -0.4 is 14.3 Å². The van der Waals surface area contributed by atoms with Gasteiger partial charge in [0.1, 0.15) is 0 Å². The number of nitrogens with zero attached hydrogens (tertiary/aromatic N) is 6. The Morgan fingerprint density at radius 2 is 2.00 bits per heavy atom. The number of hydrogen-bond acceptors (Lipinski definition) is 6. The molecule has 1 fully saturated rings. The molecule has 4 rings (SSSR count). The summed E-state index contributed by atoms with van der Waals surface area (Å²) in [6, 6.07) is 10.4. The quantitative estimate of drug-likeness (QED) is 0.615. The minimum absolute atomic E-state index is 0.421. The van der Waals surface area contributed by atoms with Gasteiger partial charge in [0.2, 0.25) is 0 Å². The molecule has 26 heavy (non-hydrogen) atoms. The SMILES string of the molecule is CN(C)c1cccc(C2CCCN(c3ccc4ncnc([As])c4n3)C2)n1. The summed E-state index contributed by atoms with van der Waals surface area (Å²) in [5.41, 5.74) is 2.91. The van der Waals surface area contributed by atoms with E-state index in [0.29, 0.717) is 5.92 Å². The molecule has 0 bridgehead atoms. The van der Waals surface area contributed by atoms with E-state index < -0.39 is 0 Å². The van der Waals surface area contributed by atoms with Crippen LogP contribution in [-0.4, -0.2) is 64.0 Å². The van der Waals surface area contributed by atoms with Gasteiger partial charge in [-0.05, 0) is 0 Å². The molecule has 0 spiro atoms. The van der Waals surface area contributed by atoms with Gasteiger partial charge in [-0.3, -0.25) is 0 Å². The van der Waals surface area contributed by atoms with E-state index in [-0.39, 0.29) is 0 Å². The minimum atomic E-state index is 0.421. The fourth-order valence-electron chi connectivity index (χ4n) is 3.44. The van der Waals surface area contributed by atoms with E-state index in [1.807, 2.05) is 20.2 Å². The maximum absolute atomic E-state index is 4.84. The average Bonchev–Trinajstić information content (AvgIpc) is 2.68. The van der Waals surface area contributed by atoms with Crippen LogP contribution in [0.4, 0.5) is 11.6 Å². The third kappa shape index (κ3) is 3.38. The molecule has 4 heterocycles. The van der Waals surface area contributed by atoms with E-state index >= 15 is 0 Å². The first-order chi connectivity index (χ1) is 12.6. The van der Waals surface area contributed by atoms with Gasteiger partial charge in [0.15, 0.2) is 0 Å². The van der Waals surface area contributed by atoms with Crippen molar-refractivity contribution in [1.29, 1.82) is 0 Å². The van der Waals surface area contributed by atoms with Gasteiger partial charge in [-0.15, -0.1) is 0 Å². The van der Waals surface area contributed by atoms with Gasteiger partial charge < -0.3 is 0 Å². The molecule has 1 unspecified atom stereocenters. The van der Waals surface area contributed by atoms with Crippen LogP contribution in [0, 0.1) is 0 Å². The van der Waals surface area contributed by atoms with Crippen molar-refractivity contribution in [2.45, 2.75) is 18.8 Å². The summed E-state index contributed by atoms with van der Waals surface area (Å²) < 4.78 is 0.860. The molecule has 0 amide bonds. The monoisotopic (exact) mass is 408 g/mol. The normalized spacial score (nSPS) is 17.5. The fraction of sp³-hybridized carbons (Fsp3) is 0.368. The Labute approximate surface area is 162 Å². The van der Waals surface area contributed by atoms with E-state index in [2.05, 4.69) is 60.9 Å². The molecule has 0 N–H and O–H groups in total. The molecule has 1 saturated heterocycles. The van der Waals surface area contributed by atoms with Gasteiger partial charge in [0, 0.05) is 0 Å². The number of hydrogen-bond donors (Lipinski definition) is 0. The van der Waals surface area contributed by atoms with Crippen LogP contribution in [0.15, 0.2) is 36.7 Å². The number of pyridine rings is 2. The molecule has 0 aliphatic carbocycles. The van der Waals surface area contributed by atoms with Crippen molar-refractivity contribution in [3.8, 4) is 0 Å². The Morgan fingerprint density at radius 3 is 2.85 bits per heavy atom. The first-order valence-corrected chi connectivity index (χ1v) is 9.75. The molecule has 0 aromatic carbocycles. The van der Waals surface area contributed by atoms with Crippen molar-refractivity contribution in [1.82, 2.24) is 19.9 Å². The summed E-state index contributed by atoms with van der Waals surface area (Å²) >= 11 is 2.48. The van der Waals surface area contributed by atoms with Crippen molar-refractivity contribution in [3.05, 3.63) is 42.4 Å². The summed E-state index contributed by atoms with van der Waals surface area (Å²) in [7, 11) is 4.06. The molecule has 3 aromatic heterocycles. The zero-order chi connectivity index (χ0) is 18.1. The van der Waals surface area contributed by atoms with Crippen LogP contribution in [-0.2, 0) is 0 Å². The third-order valence-corrected chi connectivity index (χ3v) is 5.51. The van der Waals surface area contributed by atoms with Crippen LogP contribution in [0.25, 0.3) is 11.0 Å². The van der Waals surface area contributed by atoms with E-state index in [0.717, 1.165) is 58.8 Å². The summed E-state index contributed by atoms with van der Waals surface area (Å²) in [5, 5.41) is 0. The Kier molecular flexibility index (Phi) is 4.77. The number of aromatic nitrogens is 4. The van der Waals surface area contributed by atoms with Crippen LogP contribution in [0.1, 0.15) is 24.5 Å². The predicted molar refractivity (Wildman–Crippen MR) is 105 cm³/mol. The zero-order valence-corrected chi connectivity index (χ0v) is 16.9. The van der Waals surface area contributed by atoms with Crippen LogP contribution in [0.5, 0.6) is 0 Å². The summed E-state index contributed by atoms with van der Waals surface area (Å²) in [4.78, 5) is 22.6. The van der Waals surface area contributed by atoms with Gasteiger partial charge in [0.05, 0.1) is 0 Å². The molecule has 3 aromatic rings. The molecule has 7 heteroatoms. The molecule has 2 radical (unpaired) electrons. The Hall–Kier alpha value is -2.20. The number of anilines is 2. The van der Waals surface area contributed by atoms with Gasteiger partial charge in [-0.2, -0.15) is 0 Å². The Bertz CT molecular complexity index is 929. The molecular formula is C19H21AsN6. The van der Waals surface area contributed by atoms with E-state index in [1.165, 1.54) is 0 Å². The second-order valence-corrected chi connectivity index (χ2v) is 7.72. The first kappa shape index (κ1) is 17.2. The van der Waals surface area contributed by atoms with Gasteiger partial charge in [-0.25, -0.2) is 0 Å². The summed E-state index contributed by atoms with van der Waals surface area (Å²) in [6.45, 7) is 1.95. The van der Waals surface area contributed by atoms with Crippen molar-refractivity contribution < 1.29 is 0 Å². The molecular weight excluding hydrogens is 387 g/mol. The van der Waals surface area contributed by atoms with Crippen LogP contribution in [0.3, 0.4) is 0 Å². The van der Waals surface area contributed by atoms with E-state index in [9.17, 15) is 0 Å². The van der Waals surface area contributed by atoms with Crippen LogP contribution >= 0.6 is 0 Å². The Morgan fingerprint density at radius 1 is 1.12 bits per heavy atom. The number of fused-ring (bicyclic) bond motifs is 1. The van der Waals surface area contributed by atoms with Gasteiger partial charge >= 0.3 is 162 Å². The Balaban J connectivity index is 1.61. The second kappa shape index (κ2) is 7.20. The van der Waals surface area contributed by atoms with Crippen LogP contribution in [0.2, 0.25) is 0 Å². The average molecular weight is 408 g/mol. The van der Waals surface area contributed by atoms with E-state index in [1.54, 1.807) is 6.33 Å². The fourth-order valence-corrected chi connectivity index (χ4v) is 3.89. The number of piperidine rings is 1. The maximum atomic E-state index is 4.84. The van der Waals surface area contributed by atoms with Crippen molar-refractivity contribution in [3.63, 3.8) is 0 Å². The summed E-state index contributed by atoms with van der Waals surface area (Å²) in [6.07, 6.45) is 3.88.